The molecule has 0 saturated heterocycles. The Bertz CT molecular complexity index is 1910. The van der Waals surface area contributed by atoms with Crippen LogP contribution < -0.4 is 16.6 Å². The lowest BCUT2D eigenvalue weighted by atomic mass is 10.2. The summed E-state index contributed by atoms with van der Waals surface area (Å²) in [5.74, 6) is 15.5. The molecular formula is C29H26N8OS. The second-order valence-corrected chi connectivity index (χ2v) is 12.0. The number of nitrogens with one attached hydrogen (secondary N) is 1. The normalized spacial score (nSPS) is 11.9. The molecule has 3 N–H and O–H groups in total. The molecule has 0 aliphatic heterocycles. The van der Waals surface area contributed by atoms with Gasteiger partial charge in [-0.3, -0.25) is 14.3 Å². The van der Waals surface area contributed by atoms with Gasteiger partial charge in [-0.1, -0.05) is 41.9 Å². The van der Waals surface area contributed by atoms with E-state index in [1.165, 1.54) is 6.33 Å². The lowest BCUT2D eigenvalue weighted by molar-refractivity contribution is 0.729. The number of benzene rings is 2. The van der Waals surface area contributed by atoms with E-state index in [0.29, 0.717) is 39.5 Å². The van der Waals surface area contributed by atoms with E-state index in [1.807, 2.05) is 61.7 Å². The molecule has 0 aliphatic rings. The predicted octanol–water partition coefficient (Wildman–Crippen LogP) is 3.78. The molecule has 0 fully saturated rings. The number of rotatable bonds is 5. The minimum absolute atomic E-state index is 0.193. The molecule has 0 amide bonds. The van der Waals surface area contributed by atoms with Gasteiger partial charge in [0.05, 0.1) is 28.8 Å². The van der Waals surface area contributed by atoms with Crippen molar-refractivity contribution < 1.29 is 0 Å². The standard InChI is InChI=1S/C29H26N8OS/c1-19(35-27-22(26(30)33-18-34-27)14-13-20-17-31-15-16-32-20)28-36-23-11-8-12-24(39(2,3)4)25(23)29(38)37(28)21-9-6-5-7-10-21/h5-12,15-19H,2-3H2,1,4H3,(H3,30,33,34,35). The summed E-state index contributed by atoms with van der Waals surface area (Å²) in [6.45, 7) is 1.90. The van der Waals surface area contributed by atoms with E-state index >= 15 is 0 Å². The van der Waals surface area contributed by atoms with Crippen molar-refractivity contribution >= 4 is 43.5 Å². The second-order valence-electron chi connectivity index (χ2n) is 9.06. The molecule has 0 spiro atoms. The SMILES string of the molecule is C=S(=C)(C)c1cccc2nc(C(C)Nc3ncnc(N)c3C#Cc3cnccn3)n(-c3ccccc3)c(=O)c12. The van der Waals surface area contributed by atoms with Gasteiger partial charge in [-0.15, -0.1) is 0 Å². The molecule has 0 radical (unpaired) electrons. The first-order valence-electron chi connectivity index (χ1n) is 11.9. The molecule has 10 heteroatoms. The van der Waals surface area contributed by atoms with E-state index in [9.17, 15) is 4.79 Å². The summed E-state index contributed by atoms with van der Waals surface area (Å²) in [6, 6.07) is 14.5. The van der Waals surface area contributed by atoms with Gasteiger partial charge in [0.25, 0.3) is 5.56 Å². The summed E-state index contributed by atoms with van der Waals surface area (Å²) in [6.07, 6.45) is 7.99. The first-order chi connectivity index (χ1) is 18.7. The van der Waals surface area contributed by atoms with Gasteiger partial charge in [0.15, 0.2) is 0 Å². The zero-order valence-electron chi connectivity index (χ0n) is 21.5. The van der Waals surface area contributed by atoms with Gasteiger partial charge in [-0.25, -0.2) is 19.9 Å². The van der Waals surface area contributed by atoms with E-state index in [2.05, 4.69) is 48.8 Å². The Morgan fingerprint density at radius 2 is 1.82 bits per heavy atom. The highest BCUT2D eigenvalue weighted by atomic mass is 32.2. The molecule has 1 atom stereocenters. The molecule has 39 heavy (non-hydrogen) atoms. The third-order valence-corrected chi connectivity index (χ3v) is 7.33. The number of nitrogens with zero attached hydrogens (tertiary/aromatic N) is 6. The molecule has 2 aromatic carbocycles. The number of anilines is 2. The zero-order chi connectivity index (χ0) is 27.6. The fourth-order valence-corrected chi connectivity index (χ4v) is 5.23. The van der Waals surface area contributed by atoms with Gasteiger partial charge in [-0.2, -0.15) is 9.21 Å². The van der Waals surface area contributed by atoms with Gasteiger partial charge in [0, 0.05) is 17.3 Å². The molecule has 194 valence electrons. The third-order valence-electron chi connectivity index (χ3n) is 5.93. The molecular weight excluding hydrogens is 508 g/mol. The van der Waals surface area contributed by atoms with Crippen LogP contribution in [0.4, 0.5) is 11.6 Å². The van der Waals surface area contributed by atoms with Crippen molar-refractivity contribution in [2.24, 2.45) is 0 Å². The van der Waals surface area contributed by atoms with Crippen molar-refractivity contribution in [1.82, 2.24) is 29.5 Å². The van der Waals surface area contributed by atoms with Gasteiger partial charge in [0.1, 0.15) is 35.0 Å². The Labute approximate surface area is 226 Å². The lowest BCUT2D eigenvalue weighted by Crippen LogP contribution is -2.28. The smallest absolute Gasteiger partial charge is 0.267 e. The van der Waals surface area contributed by atoms with Gasteiger partial charge < -0.3 is 11.1 Å². The van der Waals surface area contributed by atoms with Crippen molar-refractivity contribution in [3.63, 3.8) is 0 Å². The van der Waals surface area contributed by atoms with Gasteiger partial charge >= 0.3 is 0 Å². The van der Waals surface area contributed by atoms with E-state index in [0.717, 1.165) is 4.90 Å². The third kappa shape index (κ3) is 5.21. The highest BCUT2D eigenvalue weighted by molar-refractivity contribution is 8.27. The summed E-state index contributed by atoms with van der Waals surface area (Å²) < 4.78 is 1.62. The average molecular weight is 535 g/mol. The fourth-order valence-electron chi connectivity index (χ4n) is 4.14. The lowest BCUT2D eigenvalue weighted by Gasteiger charge is -2.22. The van der Waals surface area contributed by atoms with Crippen LogP contribution in [0, 0.1) is 11.8 Å². The first kappa shape index (κ1) is 25.6. The molecule has 0 bridgehead atoms. The highest BCUT2D eigenvalue weighted by Gasteiger charge is 2.21. The largest absolute Gasteiger partial charge is 0.382 e. The molecule has 3 heterocycles. The minimum atomic E-state index is -1.70. The number of aromatic nitrogens is 6. The maximum absolute atomic E-state index is 14.1. The molecule has 1 unspecified atom stereocenters. The van der Waals surface area contributed by atoms with E-state index in [4.69, 9.17) is 10.7 Å². The summed E-state index contributed by atoms with van der Waals surface area (Å²) in [4.78, 5) is 36.6. The van der Waals surface area contributed by atoms with E-state index in [-0.39, 0.29) is 11.4 Å². The number of para-hydroxylation sites is 1. The van der Waals surface area contributed by atoms with Crippen LogP contribution in [0.25, 0.3) is 16.6 Å². The van der Waals surface area contributed by atoms with Crippen LogP contribution in [0.2, 0.25) is 0 Å². The van der Waals surface area contributed by atoms with Crippen LogP contribution in [-0.2, 0) is 0 Å². The first-order valence-corrected chi connectivity index (χ1v) is 14.3. The van der Waals surface area contributed by atoms with E-state index in [1.54, 1.807) is 23.2 Å². The maximum atomic E-state index is 14.1. The topological polar surface area (TPSA) is 124 Å². The maximum Gasteiger partial charge on any atom is 0.267 e. The van der Waals surface area contributed by atoms with Crippen LogP contribution in [0.5, 0.6) is 0 Å². The fraction of sp³-hybridized carbons (Fsp3) is 0.103. The van der Waals surface area contributed by atoms with Crippen molar-refractivity contribution in [1.29, 1.82) is 0 Å². The van der Waals surface area contributed by atoms with Crippen LogP contribution in [-0.4, -0.2) is 47.5 Å². The van der Waals surface area contributed by atoms with Gasteiger partial charge in [0.2, 0.25) is 0 Å². The Kier molecular flexibility index (Phi) is 6.83. The number of hydrogen-bond acceptors (Lipinski definition) is 8. The second kappa shape index (κ2) is 10.4. The highest BCUT2D eigenvalue weighted by Crippen LogP contribution is 2.33. The van der Waals surface area contributed by atoms with E-state index < -0.39 is 15.2 Å². The molecule has 3 aromatic heterocycles. The Balaban J connectivity index is 1.67. The molecule has 9 nitrogen and oxygen atoms in total. The van der Waals surface area contributed by atoms with Gasteiger partial charge in [-0.05, 0) is 43.4 Å². The molecule has 5 rings (SSSR count). The summed E-state index contributed by atoms with van der Waals surface area (Å²) in [5.41, 5.74) is 8.12. The quantitative estimate of drug-likeness (QED) is 0.258. The number of nitrogens with two attached hydrogens (primary N) is 1. The number of nitrogen functional groups attached to an aromatic ring is 1. The Morgan fingerprint density at radius 1 is 1.03 bits per heavy atom. The molecule has 0 saturated carbocycles. The molecule has 5 aromatic rings. The monoisotopic (exact) mass is 534 g/mol. The average Bonchev–Trinajstić information content (AvgIpc) is 2.93. The van der Waals surface area contributed by atoms with Crippen molar-refractivity contribution in [2.45, 2.75) is 17.9 Å². The minimum Gasteiger partial charge on any atom is -0.382 e. The number of fused-ring (bicyclic) bond motifs is 1. The van der Waals surface area contributed by atoms with Crippen molar-refractivity contribution in [3.05, 3.63) is 101 Å². The Morgan fingerprint density at radius 3 is 2.54 bits per heavy atom. The zero-order valence-corrected chi connectivity index (χ0v) is 22.3. The van der Waals surface area contributed by atoms with Crippen LogP contribution in [0.3, 0.4) is 0 Å². The van der Waals surface area contributed by atoms with Crippen LogP contribution in [0.15, 0.2) is 83.1 Å². The number of hydrogen-bond donors (Lipinski definition) is 2. The Hall–Kier alpha value is -5.01. The predicted molar refractivity (Wildman–Crippen MR) is 160 cm³/mol. The van der Waals surface area contributed by atoms with Crippen molar-refractivity contribution in [3.8, 4) is 17.5 Å². The molecule has 0 aliphatic carbocycles. The summed E-state index contributed by atoms with van der Waals surface area (Å²) >= 11 is 0. The van der Waals surface area contributed by atoms with Crippen LogP contribution >= 0.6 is 9.21 Å². The summed E-state index contributed by atoms with van der Waals surface area (Å²) in [7, 11) is -1.70. The summed E-state index contributed by atoms with van der Waals surface area (Å²) in [5, 5.41) is 3.85. The van der Waals surface area contributed by atoms with Crippen LogP contribution in [0.1, 0.15) is 30.0 Å². The van der Waals surface area contributed by atoms with Crippen molar-refractivity contribution in [2.75, 3.05) is 17.3 Å².